The molecule has 0 aromatic carbocycles. The summed E-state index contributed by atoms with van der Waals surface area (Å²) >= 11 is 6.10. The number of nitrogens with zero attached hydrogens (tertiary/aromatic N) is 4. The summed E-state index contributed by atoms with van der Waals surface area (Å²) in [6.07, 6.45) is 4.37. The van der Waals surface area contributed by atoms with Gasteiger partial charge in [0.05, 0.1) is 11.4 Å². The second-order valence-electron chi connectivity index (χ2n) is 3.81. The second kappa shape index (κ2) is 4.71. The zero-order chi connectivity index (χ0) is 12.4. The van der Waals surface area contributed by atoms with Crippen molar-refractivity contribution in [3.05, 3.63) is 23.2 Å². The first kappa shape index (κ1) is 11.9. The van der Waals surface area contributed by atoms with Crippen LogP contribution < -0.4 is 5.73 Å². The third-order valence-electron chi connectivity index (χ3n) is 2.47. The van der Waals surface area contributed by atoms with Gasteiger partial charge in [-0.2, -0.15) is 5.10 Å². The van der Waals surface area contributed by atoms with Gasteiger partial charge < -0.3 is 5.73 Å². The molecule has 0 aliphatic heterocycles. The van der Waals surface area contributed by atoms with Crippen molar-refractivity contribution in [1.29, 1.82) is 0 Å². The summed E-state index contributed by atoms with van der Waals surface area (Å²) < 4.78 is 1.89. The number of aromatic nitrogens is 4. The molecule has 0 amide bonds. The first-order valence-corrected chi connectivity index (χ1v) is 5.81. The van der Waals surface area contributed by atoms with E-state index in [1.807, 2.05) is 17.8 Å². The van der Waals surface area contributed by atoms with E-state index < -0.39 is 0 Å². The Balaban J connectivity index is 2.49. The molecular formula is C11H14ClN5. The Morgan fingerprint density at radius 3 is 2.88 bits per heavy atom. The summed E-state index contributed by atoms with van der Waals surface area (Å²) in [4.78, 5) is 8.01. The van der Waals surface area contributed by atoms with Crippen molar-refractivity contribution in [3.63, 3.8) is 0 Å². The Labute approximate surface area is 105 Å². The van der Waals surface area contributed by atoms with Crippen molar-refractivity contribution in [2.45, 2.75) is 26.8 Å². The fraction of sp³-hybridized carbons (Fsp3) is 0.364. The lowest BCUT2D eigenvalue weighted by molar-refractivity contribution is 0.598. The molecule has 0 saturated carbocycles. The molecule has 5 nitrogen and oxygen atoms in total. The topological polar surface area (TPSA) is 69.6 Å². The lowest BCUT2D eigenvalue weighted by Gasteiger charge is -2.02. The van der Waals surface area contributed by atoms with Crippen molar-refractivity contribution in [1.82, 2.24) is 19.7 Å². The highest BCUT2D eigenvalue weighted by atomic mass is 35.5. The van der Waals surface area contributed by atoms with Gasteiger partial charge in [0.25, 0.3) is 0 Å². The van der Waals surface area contributed by atoms with E-state index in [9.17, 15) is 0 Å². The predicted molar refractivity (Wildman–Crippen MR) is 67.7 cm³/mol. The smallest absolute Gasteiger partial charge is 0.146 e. The van der Waals surface area contributed by atoms with Gasteiger partial charge in [-0.05, 0) is 13.3 Å². The number of anilines is 1. The Morgan fingerprint density at radius 2 is 2.18 bits per heavy atom. The average molecular weight is 252 g/mol. The standard InChI is InChI=1S/C11H14ClN5/c1-3-4-17-5-8(7(2)16-17)10-9(12)11(13)15-6-14-10/h5-6H,3-4H2,1-2H3,(H2,13,14,15). The number of rotatable bonds is 3. The minimum atomic E-state index is 0.291. The molecule has 0 spiro atoms. The Kier molecular flexibility index (Phi) is 3.28. The molecule has 6 heteroatoms. The molecule has 2 heterocycles. The van der Waals surface area contributed by atoms with Gasteiger partial charge in [-0.3, -0.25) is 4.68 Å². The fourth-order valence-electron chi connectivity index (χ4n) is 1.67. The van der Waals surface area contributed by atoms with Gasteiger partial charge in [0, 0.05) is 18.3 Å². The van der Waals surface area contributed by atoms with E-state index in [0.717, 1.165) is 24.2 Å². The molecule has 2 aromatic rings. The second-order valence-corrected chi connectivity index (χ2v) is 4.19. The molecule has 2 N–H and O–H groups in total. The zero-order valence-electron chi connectivity index (χ0n) is 9.81. The van der Waals surface area contributed by atoms with Crippen LogP contribution in [0.5, 0.6) is 0 Å². The van der Waals surface area contributed by atoms with E-state index in [-0.39, 0.29) is 0 Å². The molecule has 0 fully saturated rings. The van der Waals surface area contributed by atoms with Crippen LogP contribution in [0.1, 0.15) is 19.0 Å². The van der Waals surface area contributed by atoms with Gasteiger partial charge in [-0.25, -0.2) is 9.97 Å². The molecule has 2 aromatic heterocycles. The molecule has 2 rings (SSSR count). The molecule has 0 aliphatic rings. The normalized spacial score (nSPS) is 10.8. The van der Waals surface area contributed by atoms with Crippen LogP contribution in [0, 0.1) is 6.92 Å². The molecule has 0 radical (unpaired) electrons. The van der Waals surface area contributed by atoms with Crippen LogP contribution in [-0.2, 0) is 6.54 Å². The number of aryl methyl sites for hydroxylation is 2. The predicted octanol–water partition coefficient (Wildman–Crippen LogP) is 2.29. The highest BCUT2D eigenvalue weighted by Gasteiger charge is 2.14. The minimum absolute atomic E-state index is 0.291. The highest BCUT2D eigenvalue weighted by Crippen LogP contribution is 2.30. The Morgan fingerprint density at radius 1 is 1.41 bits per heavy atom. The third-order valence-corrected chi connectivity index (χ3v) is 2.84. The van der Waals surface area contributed by atoms with Crippen molar-refractivity contribution >= 4 is 17.4 Å². The van der Waals surface area contributed by atoms with Crippen LogP contribution in [0.25, 0.3) is 11.3 Å². The molecule has 0 saturated heterocycles. The van der Waals surface area contributed by atoms with Gasteiger partial charge in [0.2, 0.25) is 0 Å². The first-order valence-electron chi connectivity index (χ1n) is 5.44. The summed E-state index contributed by atoms with van der Waals surface area (Å²) in [6.45, 7) is 4.90. The van der Waals surface area contributed by atoms with Gasteiger partial charge >= 0.3 is 0 Å². The first-order chi connectivity index (χ1) is 8.13. The number of nitrogen functional groups attached to an aromatic ring is 1. The van der Waals surface area contributed by atoms with Crippen LogP contribution in [0.4, 0.5) is 5.82 Å². The molecule has 90 valence electrons. The summed E-state index contributed by atoms with van der Waals surface area (Å²) in [5.74, 6) is 0.291. The molecule has 0 atom stereocenters. The number of halogens is 1. The van der Waals surface area contributed by atoms with Gasteiger partial charge in [-0.1, -0.05) is 18.5 Å². The van der Waals surface area contributed by atoms with E-state index in [1.165, 1.54) is 6.33 Å². The monoisotopic (exact) mass is 251 g/mol. The minimum Gasteiger partial charge on any atom is -0.382 e. The van der Waals surface area contributed by atoms with Gasteiger partial charge in [-0.15, -0.1) is 0 Å². The van der Waals surface area contributed by atoms with Crippen LogP contribution in [0.15, 0.2) is 12.5 Å². The summed E-state index contributed by atoms with van der Waals surface area (Å²) in [7, 11) is 0. The van der Waals surface area contributed by atoms with E-state index in [1.54, 1.807) is 0 Å². The zero-order valence-corrected chi connectivity index (χ0v) is 10.6. The van der Waals surface area contributed by atoms with Gasteiger partial charge in [0.1, 0.15) is 17.2 Å². The van der Waals surface area contributed by atoms with E-state index in [0.29, 0.717) is 16.5 Å². The Bertz CT molecular complexity index is 535. The highest BCUT2D eigenvalue weighted by molar-refractivity contribution is 6.35. The van der Waals surface area contributed by atoms with Crippen LogP contribution in [-0.4, -0.2) is 19.7 Å². The summed E-state index contributed by atoms with van der Waals surface area (Å²) in [5.41, 5.74) is 8.09. The third kappa shape index (κ3) is 2.24. The fourth-order valence-corrected chi connectivity index (χ4v) is 1.86. The van der Waals surface area contributed by atoms with E-state index in [4.69, 9.17) is 17.3 Å². The van der Waals surface area contributed by atoms with Crippen molar-refractivity contribution in [3.8, 4) is 11.3 Å². The largest absolute Gasteiger partial charge is 0.382 e. The SMILES string of the molecule is CCCn1cc(-c2ncnc(N)c2Cl)c(C)n1. The lowest BCUT2D eigenvalue weighted by Crippen LogP contribution is -1.96. The average Bonchev–Trinajstić information content (AvgIpc) is 2.64. The maximum Gasteiger partial charge on any atom is 0.146 e. The van der Waals surface area contributed by atoms with E-state index in [2.05, 4.69) is 22.0 Å². The maximum absolute atomic E-state index is 6.10. The molecule has 0 aliphatic carbocycles. The van der Waals surface area contributed by atoms with Crippen LogP contribution in [0.2, 0.25) is 5.02 Å². The van der Waals surface area contributed by atoms with Crippen molar-refractivity contribution in [2.75, 3.05) is 5.73 Å². The van der Waals surface area contributed by atoms with E-state index >= 15 is 0 Å². The van der Waals surface area contributed by atoms with Crippen molar-refractivity contribution in [2.24, 2.45) is 0 Å². The molecule has 0 unspecified atom stereocenters. The van der Waals surface area contributed by atoms with Crippen LogP contribution >= 0.6 is 11.6 Å². The Hall–Kier alpha value is -1.62. The number of hydrogen-bond donors (Lipinski definition) is 1. The quantitative estimate of drug-likeness (QED) is 0.909. The summed E-state index contributed by atoms with van der Waals surface area (Å²) in [5, 5.41) is 4.79. The number of nitrogens with two attached hydrogens (primary N) is 1. The van der Waals surface area contributed by atoms with Crippen molar-refractivity contribution < 1.29 is 0 Å². The maximum atomic E-state index is 6.10. The number of hydrogen-bond acceptors (Lipinski definition) is 4. The summed E-state index contributed by atoms with van der Waals surface area (Å²) in [6, 6.07) is 0. The molecule has 17 heavy (non-hydrogen) atoms. The molecular weight excluding hydrogens is 238 g/mol. The lowest BCUT2D eigenvalue weighted by atomic mass is 10.2. The van der Waals surface area contributed by atoms with Crippen LogP contribution in [0.3, 0.4) is 0 Å². The van der Waals surface area contributed by atoms with Gasteiger partial charge in [0.15, 0.2) is 0 Å². The molecule has 0 bridgehead atoms.